The summed E-state index contributed by atoms with van der Waals surface area (Å²) in [6.45, 7) is 0.203. The lowest BCUT2D eigenvalue weighted by Crippen LogP contribution is -2.35. The quantitative estimate of drug-likeness (QED) is 0.416. The molecule has 0 spiro atoms. The standard InChI is InChI=1S/C22H20N2O6/c25-20(30-15-16-6-2-1-3-7-16)10-11-23-21(26)18(14-17-8-4-12-28-17)24-22(27)19-9-5-13-29-19/h1-9,12-14H,10-11,15H2,(H,23,26)(H,24,27). The van der Waals surface area contributed by atoms with E-state index in [1.807, 2.05) is 30.3 Å². The van der Waals surface area contributed by atoms with Crippen LogP contribution in [-0.2, 0) is 20.9 Å². The van der Waals surface area contributed by atoms with E-state index < -0.39 is 17.8 Å². The van der Waals surface area contributed by atoms with Gasteiger partial charge in [0.15, 0.2) is 5.76 Å². The number of hydrogen-bond donors (Lipinski definition) is 2. The van der Waals surface area contributed by atoms with Gasteiger partial charge in [-0.05, 0) is 29.8 Å². The molecule has 0 aliphatic carbocycles. The molecule has 0 atom stereocenters. The van der Waals surface area contributed by atoms with Crippen LogP contribution in [-0.4, -0.2) is 24.3 Å². The first-order valence-electron chi connectivity index (χ1n) is 9.19. The number of benzene rings is 1. The van der Waals surface area contributed by atoms with Crippen molar-refractivity contribution in [3.63, 3.8) is 0 Å². The van der Waals surface area contributed by atoms with Crippen LogP contribution < -0.4 is 10.6 Å². The fourth-order valence-corrected chi connectivity index (χ4v) is 2.45. The molecule has 2 N–H and O–H groups in total. The molecule has 154 valence electrons. The highest BCUT2D eigenvalue weighted by atomic mass is 16.5. The largest absolute Gasteiger partial charge is 0.465 e. The van der Waals surface area contributed by atoms with Crippen molar-refractivity contribution in [3.05, 3.63) is 89.9 Å². The molecule has 1 aromatic carbocycles. The van der Waals surface area contributed by atoms with E-state index in [1.165, 1.54) is 24.7 Å². The summed E-state index contributed by atoms with van der Waals surface area (Å²) >= 11 is 0. The van der Waals surface area contributed by atoms with Gasteiger partial charge in [-0.2, -0.15) is 0 Å². The summed E-state index contributed by atoms with van der Waals surface area (Å²) in [5, 5.41) is 5.06. The highest BCUT2D eigenvalue weighted by Crippen LogP contribution is 2.08. The van der Waals surface area contributed by atoms with Crippen LogP contribution in [0.3, 0.4) is 0 Å². The van der Waals surface area contributed by atoms with Crippen LogP contribution in [0.25, 0.3) is 6.08 Å². The summed E-state index contributed by atoms with van der Waals surface area (Å²) in [5.74, 6) is -1.19. The van der Waals surface area contributed by atoms with Gasteiger partial charge >= 0.3 is 5.97 Å². The van der Waals surface area contributed by atoms with Crippen molar-refractivity contribution in [3.8, 4) is 0 Å². The van der Waals surface area contributed by atoms with Gasteiger partial charge in [-0.1, -0.05) is 30.3 Å². The third kappa shape index (κ3) is 6.23. The van der Waals surface area contributed by atoms with E-state index in [2.05, 4.69) is 10.6 Å². The third-order valence-corrected chi connectivity index (χ3v) is 3.92. The Labute approximate surface area is 172 Å². The second-order valence-corrected chi connectivity index (χ2v) is 6.16. The number of ether oxygens (including phenoxy) is 1. The van der Waals surface area contributed by atoms with Gasteiger partial charge < -0.3 is 24.2 Å². The van der Waals surface area contributed by atoms with Gasteiger partial charge in [0.1, 0.15) is 18.1 Å². The number of carbonyl (C=O) groups excluding carboxylic acids is 3. The molecule has 30 heavy (non-hydrogen) atoms. The lowest BCUT2D eigenvalue weighted by atomic mass is 10.2. The summed E-state index contributed by atoms with van der Waals surface area (Å²) in [4.78, 5) is 36.6. The second-order valence-electron chi connectivity index (χ2n) is 6.16. The summed E-state index contributed by atoms with van der Waals surface area (Å²) in [7, 11) is 0. The molecular weight excluding hydrogens is 388 g/mol. The molecule has 2 amide bonds. The van der Waals surface area contributed by atoms with Gasteiger partial charge in [0, 0.05) is 12.6 Å². The van der Waals surface area contributed by atoms with E-state index in [0.717, 1.165) is 5.56 Å². The van der Waals surface area contributed by atoms with Crippen molar-refractivity contribution >= 4 is 23.9 Å². The molecule has 0 bridgehead atoms. The predicted molar refractivity (Wildman–Crippen MR) is 107 cm³/mol. The van der Waals surface area contributed by atoms with E-state index in [4.69, 9.17) is 13.6 Å². The maximum absolute atomic E-state index is 12.5. The second kappa shape index (κ2) is 10.5. The van der Waals surface area contributed by atoms with Crippen molar-refractivity contribution < 1.29 is 28.0 Å². The molecule has 8 heteroatoms. The predicted octanol–water partition coefficient (Wildman–Crippen LogP) is 2.89. The minimum atomic E-state index is -0.588. The van der Waals surface area contributed by atoms with Gasteiger partial charge in [-0.3, -0.25) is 14.4 Å². The highest BCUT2D eigenvalue weighted by molar-refractivity contribution is 6.04. The molecule has 0 fully saturated rings. The number of rotatable bonds is 9. The van der Waals surface area contributed by atoms with Gasteiger partial charge in [0.2, 0.25) is 0 Å². The first-order chi connectivity index (χ1) is 14.6. The Hall–Kier alpha value is -4.07. The van der Waals surface area contributed by atoms with E-state index in [-0.39, 0.29) is 31.0 Å². The molecule has 3 rings (SSSR count). The van der Waals surface area contributed by atoms with Crippen molar-refractivity contribution in [2.24, 2.45) is 0 Å². The van der Waals surface area contributed by atoms with Gasteiger partial charge in [-0.15, -0.1) is 0 Å². The number of esters is 1. The first kappa shape index (κ1) is 20.7. The third-order valence-electron chi connectivity index (χ3n) is 3.92. The van der Waals surface area contributed by atoms with Gasteiger partial charge in [0.25, 0.3) is 11.8 Å². The number of hydrogen-bond acceptors (Lipinski definition) is 6. The molecule has 2 heterocycles. The van der Waals surface area contributed by atoms with Crippen LogP contribution in [0.2, 0.25) is 0 Å². The topological polar surface area (TPSA) is 111 Å². The zero-order valence-corrected chi connectivity index (χ0v) is 16.0. The fourth-order valence-electron chi connectivity index (χ4n) is 2.45. The minimum absolute atomic E-state index is 0.0151. The molecule has 0 radical (unpaired) electrons. The molecule has 0 saturated carbocycles. The molecule has 0 aliphatic heterocycles. The molecule has 0 aliphatic rings. The smallest absolute Gasteiger partial charge is 0.307 e. The number of furan rings is 2. The Kier molecular flexibility index (Phi) is 7.21. The summed E-state index contributed by atoms with van der Waals surface area (Å²) in [6, 6.07) is 15.6. The average molecular weight is 408 g/mol. The molecular formula is C22H20N2O6. The zero-order valence-electron chi connectivity index (χ0n) is 16.0. The van der Waals surface area contributed by atoms with Crippen LogP contribution in [0.5, 0.6) is 0 Å². The van der Waals surface area contributed by atoms with E-state index in [0.29, 0.717) is 5.76 Å². The molecule has 3 aromatic rings. The van der Waals surface area contributed by atoms with Crippen LogP contribution in [0.15, 0.2) is 81.7 Å². The Morgan fingerprint density at radius 1 is 0.933 bits per heavy atom. The maximum Gasteiger partial charge on any atom is 0.307 e. The van der Waals surface area contributed by atoms with Crippen LogP contribution in [0.1, 0.15) is 28.3 Å². The first-order valence-corrected chi connectivity index (χ1v) is 9.19. The fraction of sp³-hybridized carbons (Fsp3) is 0.136. The monoisotopic (exact) mass is 408 g/mol. The highest BCUT2D eigenvalue weighted by Gasteiger charge is 2.17. The minimum Gasteiger partial charge on any atom is -0.465 e. The normalized spacial score (nSPS) is 11.0. The summed E-state index contributed by atoms with van der Waals surface area (Å²) in [6.07, 6.45) is 4.16. The van der Waals surface area contributed by atoms with Crippen LogP contribution in [0, 0.1) is 0 Å². The van der Waals surface area contributed by atoms with E-state index >= 15 is 0 Å². The van der Waals surface area contributed by atoms with E-state index in [1.54, 1.807) is 18.2 Å². The van der Waals surface area contributed by atoms with Gasteiger partial charge in [-0.25, -0.2) is 0 Å². The SMILES string of the molecule is O=C(CCNC(=O)C(=Cc1ccco1)NC(=O)c1ccco1)OCc1ccccc1. The molecule has 0 unspecified atom stereocenters. The van der Waals surface area contributed by atoms with Crippen LogP contribution in [0.4, 0.5) is 0 Å². The number of nitrogens with one attached hydrogen (secondary N) is 2. The molecule has 2 aromatic heterocycles. The average Bonchev–Trinajstić information content (AvgIpc) is 3.47. The van der Waals surface area contributed by atoms with E-state index in [9.17, 15) is 14.4 Å². The maximum atomic E-state index is 12.5. The lowest BCUT2D eigenvalue weighted by molar-refractivity contribution is -0.144. The Morgan fingerprint density at radius 2 is 1.70 bits per heavy atom. The summed E-state index contributed by atoms with van der Waals surface area (Å²) < 4.78 is 15.4. The van der Waals surface area contributed by atoms with Gasteiger partial charge in [0.05, 0.1) is 18.9 Å². The van der Waals surface area contributed by atoms with Crippen molar-refractivity contribution in [2.75, 3.05) is 6.54 Å². The summed E-state index contributed by atoms with van der Waals surface area (Å²) in [5.41, 5.74) is 0.822. The Morgan fingerprint density at radius 3 is 2.40 bits per heavy atom. The van der Waals surface area contributed by atoms with Crippen molar-refractivity contribution in [1.82, 2.24) is 10.6 Å². The van der Waals surface area contributed by atoms with Crippen molar-refractivity contribution in [1.29, 1.82) is 0 Å². The Balaban J connectivity index is 1.52. The Bertz CT molecular complexity index is 992. The zero-order chi connectivity index (χ0) is 21.2. The molecule has 8 nitrogen and oxygen atoms in total. The lowest BCUT2D eigenvalue weighted by Gasteiger charge is -2.10. The van der Waals surface area contributed by atoms with Crippen LogP contribution >= 0.6 is 0 Å². The number of amides is 2. The molecule has 0 saturated heterocycles. The number of carbonyl (C=O) groups is 3. The van der Waals surface area contributed by atoms with Crippen molar-refractivity contribution in [2.45, 2.75) is 13.0 Å².